The molecule has 1 unspecified atom stereocenters. The van der Waals surface area contributed by atoms with Crippen molar-refractivity contribution in [3.63, 3.8) is 0 Å². The Labute approximate surface area is 106 Å². The third-order valence-corrected chi connectivity index (χ3v) is 2.92. The fraction of sp³-hybridized carbons (Fsp3) is 0.600. The van der Waals surface area contributed by atoms with Crippen molar-refractivity contribution in [3.05, 3.63) is 35.4 Å². The van der Waals surface area contributed by atoms with Crippen LogP contribution in [0.2, 0.25) is 0 Å². The van der Waals surface area contributed by atoms with Crippen LogP contribution in [-0.2, 0) is 6.42 Å². The zero-order valence-electron chi connectivity index (χ0n) is 11.7. The van der Waals surface area contributed by atoms with Gasteiger partial charge in [0.15, 0.2) is 0 Å². The Hall–Kier alpha value is -0.860. The van der Waals surface area contributed by atoms with E-state index in [2.05, 4.69) is 62.4 Å². The van der Waals surface area contributed by atoms with Crippen molar-refractivity contribution in [1.82, 2.24) is 10.2 Å². The summed E-state index contributed by atoms with van der Waals surface area (Å²) >= 11 is 0. The second kappa shape index (κ2) is 7.46. The summed E-state index contributed by atoms with van der Waals surface area (Å²) < 4.78 is 0. The van der Waals surface area contributed by atoms with E-state index in [1.165, 1.54) is 24.0 Å². The van der Waals surface area contributed by atoms with Crippen LogP contribution in [0.15, 0.2) is 24.3 Å². The summed E-state index contributed by atoms with van der Waals surface area (Å²) in [6.07, 6.45) is 2.40. The predicted octanol–water partition coefficient (Wildman–Crippen LogP) is 2.85. The van der Waals surface area contributed by atoms with Gasteiger partial charge in [0.25, 0.3) is 0 Å². The Kier molecular flexibility index (Phi) is 6.23. The van der Waals surface area contributed by atoms with Gasteiger partial charge in [-0.3, -0.25) is 0 Å². The molecule has 0 aliphatic carbocycles. The molecule has 0 saturated heterocycles. The van der Waals surface area contributed by atoms with E-state index < -0.39 is 0 Å². The van der Waals surface area contributed by atoms with E-state index in [-0.39, 0.29) is 0 Å². The Morgan fingerprint density at radius 2 is 1.76 bits per heavy atom. The van der Waals surface area contributed by atoms with Crippen molar-refractivity contribution in [2.75, 3.05) is 27.2 Å². The van der Waals surface area contributed by atoms with Crippen LogP contribution in [0.4, 0.5) is 0 Å². The summed E-state index contributed by atoms with van der Waals surface area (Å²) in [7, 11) is 4.24. The molecule has 0 aromatic heterocycles. The van der Waals surface area contributed by atoms with Crippen LogP contribution >= 0.6 is 0 Å². The number of likely N-dealkylation sites (N-methyl/N-ethyl adjacent to an activating group) is 2. The standard InChI is InChI=1S/C15H26N2/c1-5-7-13-8-10-14(11-9-13)15(16-6-2)12-17(3)4/h8-11,15-16H,5-7,12H2,1-4H3. The Morgan fingerprint density at radius 3 is 2.24 bits per heavy atom. The normalized spacial score (nSPS) is 13.0. The molecule has 0 amide bonds. The highest BCUT2D eigenvalue weighted by atomic mass is 15.1. The summed E-state index contributed by atoms with van der Waals surface area (Å²) in [5.74, 6) is 0. The highest BCUT2D eigenvalue weighted by molar-refractivity contribution is 5.25. The molecule has 96 valence electrons. The highest BCUT2D eigenvalue weighted by Crippen LogP contribution is 2.15. The van der Waals surface area contributed by atoms with Crippen molar-refractivity contribution in [3.8, 4) is 0 Å². The molecule has 17 heavy (non-hydrogen) atoms. The van der Waals surface area contributed by atoms with Gasteiger partial charge in [0, 0.05) is 12.6 Å². The zero-order chi connectivity index (χ0) is 12.7. The number of nitrogens with zero attached hydrogens (tertiary/aromatic N) is 1. The quantitative estimate of drug-likeness (QED) is 0.780. The maximum atomic E-state index is 3.54. The molecule has 1 N–H and O–H groups in total. The minimum absolute atomic E-state index is 0.436. The van der Waals surface area contributed by atoms with Gasteiger partial charge in [-0.1, -0.05) is 44.5 Å². The second-order valence-corrected chi connectivity index (χ2v) is 4.86. The third-order valence-electron chi connectivity index (χ3n) is 2.92. The van der Waals surface area contributed by atoms with Gasteiger partial charge in [-0.05, 0) is 38.2 Å². The molecular weight excluding hydrogens is 208 g/mol. The lowest BCUT2D eigenvalue weighted by atomic mass is 10.0. The number of nitrogens with one attached hydrogen (secondary N) is 1. The second-order valence-electron chi connectivity index (χ2n) is 4.86. The summed E-state index contributed by atoms with van der Waals surface area (Å²) in [5.41, 5.74) is 2.83. The van der Waals surface area contributed by atoms with E-state index in [1.807, 2.05) is 0 Å². The van der Waals surface area contributed by atoms with Gasteiger partial charge in [-0.15, -0.1) is 0 Å². The van der Waals surface area contributed by atoms with Crippen molar-refractivity contribution in [1.29, 1.82) is 0 Å². The van der Waals surface area contributed by atoms with Gasteiger partial charge in [-0.2, -0.15) is 0 Å². The first kappa shape index (κ1) is 14.2. The maximum Gasteiger partial charge on any atom is 0.0448 e. The molecule has 1 aromatic rings. The Balaban J connectivity index is 2.72. The molecule has 0 radical (unpaired) electrons. The molecular formula is C15H26N2. The highest BCUT2D eigenvalue weighted by Gasteiger charge is 2.10. The summed E-state index contributed by atoms with van der Waals surface area (Å²) in [5, 5.41) is 3.54. The van der Waals surface area contributed by atoms with E-state index in [0.717, 1.165) is 13.1 Å². The van der Waals surface area contributed by atoms with Crippen LogP contribution in [0.3, 0.4) is 0 Å². The first-order valence-corrected chi connectivity index (χ1v) is 6.64. The first-order valence-electron chi connectivity index (χ1n) is 6.64. The minimum Gasteiger partial charge on any atom is -0.309 e. The van der Waals surface area contributed by atoms with Crippen molar-refractivity contribution >= 4 is 0 Å². The van der Waals surface area contributed by atoms with Crippen molar-refractivity contribution < 1.29 is 0 Å². The third kappa shape index (κ3) is 4.88. The summed E-state index contributed by atoms with van der Waals surface area (Å²) in [6.45, 7) is 6.44. The lowest BCUT2D eigenvalue weighted by Crippen LogP contribution is -2.31. The van der Waals surface area contributed by atoms with Crippen LogP contribution in [0.1, 0.15) is 37.4 Å². The molecule has 0 spiro atoms. The predicted molar refractivity (Wildman–Crippen MR) is 75.4 cm³/mol. The van der Waals surface area contributed by atoms with Gasteiger partial charge in [0.2, 0.25) is 0 Å². The SMILES string of the molecule is CCCc1ccc(C(CN(C)C)NCC)cc1. The first-order chi connectivity index (χ1) is 8.17. The largest absolute Gasteiger partial charge is 0.309 e. The summed E-state index contributed by atoms with van der Waals surface area (Å²) in [6, 6.07) is 9.49. The van der Waals surface area contributed by atoms with Gasteiger partial charge in [0.05, 0.1) is 0 Å². The molecule has 0 aliphatic heterocycles. The lowest BCUT2D eigenvalue weighted by Gasteiger charge is -2.22. The molecule has 0 saturated carbocycles. The average Bonchev–Trinajstić information content (AvgIpc) is 2.29. The molecule has 1 aromatic carbocycles. The lowest BCUT2D eigenvalue weighted by molar-refractivity contribution is 0.345. The molecule has 1 atom stereocenters. The fourth-order valence-electron chi connectivity index (χ4n) is 2.10. The van der Waals surface area contributed by atoms with E-state index in [4.69, 9.17) is 0 Å². The monoisotopic (exact) mass is 234 g/mol. The number of hydrogen-bond acceptors (Lipinski definition) is 2. The van der Waals surface area contributed by atoms with Crippen LogP contribution in [0.5, 0.6) is 0 Å². The van der Waals surface area contributed by atoms with Gasteiger partial charge in [-0.25, -0.2) is 0 Å². The Bertz CT molecular complexity index is 303. The maximum absolute atomic E-state index is 3.54. The topological polar surface area (TPSA) is 15.3 Å². The minimum atomic E-state index is 0.436. The van der Waals surface area contributed by atoms with Crippen LogP contribution in [0, 0.1) is 0 Å². The molecule has 2 nitrogen and oxygen atoms in total. The van der Waals surface area contributed by atoms with E-state index in [9.17, 15) is 0 Å². The number of hydrogen-bond donors (Lipinski definition) is 1. The van der Waals surface area contributed by atoms with E-state index >= 15 is 0 Å². The van der Waals surface area contributed by atoms with Gasteiger partial charge >= 0.3 is 0 Å². The van der Waals surface area contributed by atoms with Crippen LogP contribution < -0.4 is 5.32 Å². The van der Waals surface area contributed by atoms with E-state index in [1.54, 1.807) is 0 Å². The molecule has 2 heteroatoms. The van der Waals surface area contributed by atoms with E-state index in [0.29, 0.717) is 6.04 Å². The van der Waals surface area contributed by atoms with Gasteiger partial charge in [0.1, 0.15) is 0 Å². The average molecular weight is 234 g/mol. The Morgan fingerprint density at radius 1 is 1.12 bits per heavy atom. The molecule has 0 fully saturated rings. The van der Waals surface area contributed by atoms with Gasteiger partial charge < -0.3 is 10.2 Å². The van der Waals surface area contributed by atoms with Crippen molar-refractivity contribution in [2.24, 2.45) is 0 Å². The fourth-order valence-corrected chi connectivity index (χ4v) is 2.10. The van der Waals surface area contributed by atoms with Crippen molar-refractivity contribution in [2.45, 2.75) is 32.7 Å². The molecule has 0 bridgehead atoms. The molecule has 0 heterocycles. The zero-order valence-corrected chi connectivity index (χ0v) is 11.7. The number of aryl methyl sites for hydroxylation is 1. The number of benzene rings is 1. The summed E-state index contributed by atoms with van der Waals surface area (Å²) in [4.78, 5) is 2.23. The molecule has 0 aliphatic rings. The number of rotatable bonds is 7. The van der Waals surface area contributed by atoms with Crippen LogP contribution in [0.25, 0.3) is 0 Å². The van der Waals surface area contributed by atoms with Crippen LogP contribution in [-0.4, -0.2) is 32.1 Å². The molecule has 1 rings (SSSR count). The smallest absolute Gasteiger partial charge is 0.0448 e.